The van der Waals surface area contributed by atoms with Crippen molar-refractivity contribution in [3.05, 3.63) is 74.2 Å². The van der Waals surface area contributed by atoms with Gasteiger partial charge in [-0.25, -0.2) is 4.79 Å². The van der Waals surface area contributed by atoms with E-state index in [1.54, 1.807) is 18.2 Å². The molecule has 0 saturated carbocycles. The number of aryl methyl sites for hydroxylation is 1. The van der Waals surface area contributed by atoms with Gasteiger partial charge in [0.15, 0.2) is 0 Å². The van der Waals surface area contributed by atoms with Crippen molar-refractivity contribution < 1.29 is 28.7 Å². The fourth-order valence-corrected chi connectivity index (χ4v) is 5.11. The topological polar surface area (TPSA) is 135 Å². The van der Waals surface area contributed by atoms with Gasteiger partial charge in [0.1, 0.15) is 5.92 Å². The van der Waals surface area contributed by atoms with Gasteiger partial charge < -0.3 is 20.1 Å². The third kappa shape index (κ3) is 5.95. The van der Waals surface area contributed by atoms with E-state index in [1.807, 2.05) is 19.1 Å². The van der Waals surface area contributed by atoms with E-state index in [4.69, 9.17) is 9.47 Å². The van der Waals surface area contributed by atoms with E-state index in [-0.39, 0.29) is 27.8 Å². The van der Waals surface area contributed by atoms with E-state index in [0.29, 0.717) is 11.3 Å². The number of hydrogen-bond acceptors (Lipinski definition) is 8. The average molecular weight is 572 g/mol. The molecule has 11 heteroatoms. The van der Waals surface area contributed by atoms with Crippen molar-refractivity contribution in [2.45, 2.75) is 12.8 Å². The van der Waals surface area contributed by atoms with Crippen LogP contribution in [0.25, 0.3) is 0 Å². The molecular formula is C25H22BrN3O6S. The van der Waals surface area contributed by atoms with Crippen molar-refractivity contribution in [3.63, 3.8) is 0 Å². The van der Waals surface area contributed by atoms with Crippen LogP contribution in [-0.2, 0) is 23.9 Å². The molecule has 2 N–H and O–H groups in total. The summed E-state index contributed by atoms with van der Waals surface area (Å²) < 4.78 is 10.2. The first kappa shape index (κ1) is 27.0. The number of halogens is 1. The van der Waals surface area contributed by atoms with Crippen LogP contribution in [0.5, 0.6) is 0 Å². The molecule has 2 aromatic carbocycles. The lowest BCUT2D eigenvalue weighted by Gasteiger charge is -2.31. The van der Waals surface area contributed by atoms with E-state index in [9.17, 15) is 24.4 Å². The van der Waals surface area contributed by atoms with Gasteiger partial charge in [-0.1, -0.05) is 30.0 Å². The SMILES string of the molecule is COC(=O)c1ccc([C@@H]2C(C#N)=C(SCC(=O)Nc3ccc(C)cc3Br)NC(=O)[C@@H]2C(=O)OC)cc1. The molecule has 0 unspecified atom stereocenters. The molecule has 9 nitrogen and oxygen atoms in total. The highest BCUT2D eigenvalue weighted by molar-refractivity contribution is 9.10. The van der Waals surface area contributed by atoms with Crippen LogP contribution in [0.4, 0.5) is 5.69 Å². The molecule has 186 valence electrons. The maximum Gasteiger partial charge on any atom is 0.337 e. The number of nitriles is 1. The number of carbonyl (C=O) groups excluding carboxylic acids is 4. The number of anilines is 1. The van der Waals surface area contributed by atoms with Crippen LogP contribution in [0.1, 0.15) is 27.4 Å². The number of allylic oxidation sites excluding steroid dienone is 1. The van der Waals surface area contributed by atoms with E-state index in [0.717, 1.165) is 28.9 Å². The predicted molar refractivity (Wildman–Crippen MR) is 137 cm³/mol. The molecule has 0 radical (unpaired) electrons. The molecule has 1 heterocycles. The lowest BCUT2D eigenvalue weighted by molar-refractivity contribution is -0.150. The molecule has 1 aliphatic rings. The number of esters is 2. The molecule has 2 amide bonds. The summed E-state index contributed by atoms with van der Waals surface area (Å²) in [5.41, 5.74) is 2.43. The van der Waals surface area contributed by atoms with Gasteiger partial charge in [0.25, 0.3) is 0 Å². The summed E-state index contributed by atoms with van der Waals surface area (Å²) in [6, 6.07) is 13.6. The van der Waals surface area contributed by atoms with Crippen LogP contribution in [0.3, 0.4) is 0 Å². The lowest BCUT2D eigenvalue weighted by Crippen LogP contribution is -2.44. The maximum absolute atomic E-state index is 12.9. The Hall–Kier alpha value is -3.62. The molecule has 0 spiro atoms. The quantitative estimate of drug-likeness (QED) is 0.379. The fourth-order valence-electron chi connectivity index (χ4n) is 3.67. The van der Waals surface area contributed by atoms with Gasteiger partial charge in [0, 0.05) is 10.4 Å². The predicted octanol–water partition coefficient (Wildman–Crippen LogP) is 3.65. The Bertz CT molecular complexity index is 1290. The van der Waals surface area contributed by atoms with E-state index < -0.39 is 29.7 Å². The molecule has 1 aliphatic heterocycles. The molecule has 2 aromatic rings. The first-order valence-corrected chi connectivity index (χ1v) is 12.4. The number of carbonyl (C=O) groups is 4. The minimum absolute atomic E-state index is 0.0992. The summed E-state index contributed by atoms with van der Waals surface area (Å²) in [4.78, 5) is 49.8. The molecule has 3 rings (SSSR count). The summed E-state index contributed by atoms with van der Waals surface area (Å²) >= 11 is 4.38. The Balaban J connectivity index is 1.91. The number of rotatable bonds is 7. The zero-order valence-corrected chi connectivity index (χ0v) is 22.0. The molecule has 0 aliphatic carbocycles. The smallest absolute Gasteiger partial charge is 0.337 e. The van der Waals surface area contributed by atoms with Crippen molar-refractivity contribution >= 4 is 57.1 Å². The number of ether oxygens (including phenoxy) is 2. The minimum atomic E-state index is -1.32. The highest BCUT2D eigenvalue weighted by Crippen LogP contribution is 2.40. The lowest BCUT2D eigenvalue weighted by atomic mass is 9.78. The van der Waals surface area contributed by atoms with Crippen LogP contribution >= 0.6 is 27.7 Å². The number of thioether (sulfide) groups is 1. The Morgan fingerprint density at radius 3 is 2.42 bits per heavy atom. The highest BCUT2D eigenvalue weighted by atomic mass is 79.9. The van der Waals surface area contributed by atoms with Crippen LogP contribution in [0.15, 0.2) is 57.5 Å². The number of hydrogen-bond donors (Lipinski definition) is 2. The maximum atomic E-state index is 12.9. The standard InChI is InChI=1S/C25H22BrN3O6S/c1-13-4-9-18(17(26)10-13)28-19(30)12-36-23-16(11-27)20(21(22(31)29-23)25(33)35-3)14-5-7-15(8-6-14)24(32)34-2/h4-10,20-21H,12H2,1-3H3,(H,28,30)(H,29,31)/t20-,21-/m1/s1. The monoisotopic (exact) mass is 571 g/mol. The molecule has 0 saturated heterocycles. The largest absolute Gasteiger partial charge is 0.468 e. The molecule has 0 bridgehead atoms. The van der Waals surface area contributed by atoms with Crippen LogP contribution in [0.2, 0.25) is 0 Å². The van der Waals surface area contributed by atoms with Gasteiger partial charge in [-0.15, -0.1) is 0 Å². The van der Waals surface area contributed by atoms with Crippen molar-refractivity contribution in [2.24, 2.45) is 5.92 Å². The van der Waals surface area contributed by atoms with Crippen molar-refractivity contribution in [1.29, 1.82) is 5.26 Å². The second-order valence-corrected chi connectivity index (χ2v) is 9.60. The summed E-state index contributed by atoms with van der Waals surface area (Å²) in [6.45, 7) is 1.93. The van der Waals surface area contributed by atoms with Crippen LogP contribution < -0.4 is 10.6 Å². The van der Waals surface area contributed by atoms with E-state index in [2.05, 4.69) is 32.6 Å². The van der Waals surface area contributed by atoms with E-state index >= 15 is 0 Å². The summed E-state index contributed by atoms with van der Waals surface area (Å²) in [7, 11) is 2.41. The zero-order chi connectivity index (χ0) is 26.4. The summed E-state index contributed by atoms with van der Waals surface area (Å²) in [5.74, 6) is -4.77. The van der Waals surface area contributed by atoms with Crippen LogP contribution in [0, 0.1) is 24.2 Å². The Morgan fingerprint density at radius 1 is 1.14 bits per heavy atom. The molecule has 36 heavy (non-hydrogen) atoms. The third-order valence-electron chi connectivity index (χ3n) is 5.42. The minimum Gasteiger partial charge on any atom is -0.468 e. The number of nitrogens with one attached hydrogen (secondary N) is 2. The Labute approximate surface area is 220 Å². The van der Waals surface area contributed by atoms with Crippen LogP contribution in [-0.4, -0.2) is 43.7 Å². The van der Waals surface area contributed by atoms with Crippen molar-refractivity contribution in [3.8, 4) is 6.07 Å². The summed E-state index contributed by atoms with van der Waals surface area (Å²) in [5, 5.41) is 15.5. The molecule has 2 atom stereocenters. The third-order valence-corrected chi connectivity index (χ3v) is 7.09. The van der Waals surface area contributed by atoms with Gasteiger partial charge in [-0.3, -0.25) is 14.4 Å². The normalized spacial score (nSPS) is 17.0. The molecule has 0 aromatic heterocycles. The van der Waals surface area contributed by atoms with E-state index in [1.165, 1.54) is 19.2 Å². The number of amides is 2. The van der Waals surface area contributed by atoms with Crippen molar-refractivity contribution in [1.82, 2.24) is 5.32 Å². The molecular weight excluding hydrogens is 550 g/mol. The van der Waals surface area contributed by atoms with Gasteiger partial charge in [0.05, 0.1) is 47.9 Å². The second-order valence-electron chi connectivity index (χ2n) is 7.76. The van der Waals surface area contributed by atoms with Gasteiger partial charge >= 0.3 is 11.9 Å². The number of methoxy groups -OCH3 is 2. The second kappa shape index (κ2) is 11.9. The number of benzene rings is 2. The van der Waals surface area contributed by atoms with Gasteiger partial charge in [-0.2, -0.15) is 5.26 Å². The zero-order valence-electron chi connectivity index (χ0n) is 19.6. The van der Waals surface area contributed by atoms with Crippen molar-refractivity contribution in [2.75, 3.05) is 25.3 Å². The number of nitrogens with zero attached hydrogens (tertiary/aromatic N) is 1. The first-order chi connectivity index (χ1) is 17.2. The highest BCUT2D eigenvalue weighted by Gasteiger charge is 2.44. The molecule has 0 fully saturated rings. The first-order valence-electron chi connectivity index (χ1n) is 10.6. The Kier molecular flexibility index (Phi) is 8.90. The fraction of sp³-hybridized carbons (Fsp3) is 0.240. The Morgan fingerprint density at radius 2 is 1.83 bits per heavy atom. The van der Waals surface area contributed by atoms with Gasteiger partial charge in [-0.05, 0) is 58.2 Å². The summed E-state index contributed by atoms with van der Waals surface area (Å²) in [6.07, 6.45) is 0. The average Bonchev–Trinajstić information content (AvgIpc) is 2.87. The van der Waals surface area contributed by atoms with Gasteiger partial charge in [0.2, 0.25) is 11.8 Å².